The van der Waals surface area contributed by atoms with Crippen LogP contribution < -0.4 is 0 Å². The molecule has 2 aliphatic rings. The molecule has 0 aromatic rings. The van der Waals surface area contributed by atoms with E-state index in [-0.39, 0.29) is 6.04 Å². The lowest BCUT2D eigenvalue weighted by Crippen LogP contribution is -2.51. The van der Waals surface area contributed by atoms with E-state index in [1.165, 1.54) is 0 Å². The normalized spacial score (nSPS) is 28.3. The lowest BCUT2D eigenvalue weighted by atomic mass is 9.90. The smallest absolute Gasteiger partial charge is 0.455 e. The van der Waals surface area contributed by atoms with E-state index < -0.39 is 27.4 Å². The Kier molecular flexibility index (Phi) is 5.39. The second-order valence-corrected chi connectivity index (χ2v) is 7.35. The molecule has 0 radical (unpaired) electrons. The summed E-state index contributed by atoms with van der Waals surface area (Å²) in [5, 5.41) is -4.92. The van der Waals surface area contributed by atoms with Crippen LogP contribution in [0.5, 0.6) is 0 Å². The average Bonchev–Trinajstić information content (AvgIpc) is 2.47. The number of esters is 1. The van der Waals surface area contributed by atoms with Crippen molar-refractivity contribution in [2.75, 3.05) is 13.1 Å². The van der Waals surface area contributed by atoms with Gasteiger partial charge in [-0.3, -0.25) is 9.45 Å². The van der Waals surface area contributed by atoms with Gasteiger partial charge in [0.05, 0.1) is 0 Å². The van der Waals surface area contributed by atoms with Crippen LogP contribution in [0.1, 0.15) is 44.9 Å². The van der Waals surface area contributed by atoms with Crippen LogP contribution in [0.25, 0.3) is 0 Å². The topological polar surface area (TPSA) is 83.9 Å². The molecule has 1 aliphatic carbocycles. The van der Waals surface area contributed by atoms with Gasteiger partial charge in [0.2, 0.25) is 0 Å². The summed E-state index contributed by atoms with van der Waals surface area (Å²) >= 11 is 0. The average molecular weight is 341 g/mol. The fourth-order valence-corrected chi connectivity index (χ4v) is 3.45. The highest BCUT2D eigenvalue weighted by atomic mass is 32.2. The molecule has 0 amide bonds. The Balaban J connectivity index is 2.06. The highest BCUT2D eigenvalue weighted by molar-refractivity contribution is 7.87. The fourth-order valence-electron chi connectivity index (χ4n) is 3.19. The molecule has 2 fully saturated rings. The standard InChI is InChI=1S/C13H21F2NO5S/c14-13(15,22(18,19)20)12(17)21-11-7-3-2-6-10(11)16-8-4-1-5-9-16/h10-11H,1-9H2,(H,18,19,20). The minimum atomic E-state index is -5.82. The Bertz CT molecular complexity index is 505. The van der Waals surface area contributed by atoms with Crippen molar-refractivity contribution in [1.29, 1.82) is 0 Å². The van der Waals surface area contributed by atoms with Crippen molar-refractivity contribution in [2.24, 2.45) is 0 Å². The number of carbonyl (C=O) groups is 1. The Morgan fingerprint density at radius 2 is 1.68 bits per heavy atom. The number of hydrogen-bond acceptors (Lipinski definition) is 5. The minimum absolute atomic E-state index is 0.157. The molecule has 0 bridgehead atoms. The molecule has 1 saturated carbocycles. The third kappa shape index (κ3) is 3.75. The lowest BCUT2D eigenvalue weighted by molar-refractivity contribution is -0.172. The molecule has 1 saturated heterocycles. The van der Waals surface area contributed by atoms with E-state index >= 15 is 0 Å². The fraction of sp³-hybridized carbons (Fsp3) is 0.923. The first-order chi connectivity index (χ1) is 10.2. The van der Waals surface area contributed by atoms with Crippen LogP contribution in [0, 0.1) is 0 Å². The molecular formula is C13H21F2NO5S. The minimum Gasteiger partial charge on any atom is -0.455 e. The van der Waals surface area contributed by atoms with Gasteiger partial charge < -0.3 is 4.74 Å². The Labute approximate surface area is 128 Å². The number of ether oxygens (including phenoxy) is 1. The van der Waals surface area contributed by atoms with Gasteiger partial charge >= 0.3 is 21.3 Å². The van der Waals surface area contributed by atoms with Crippen LogP contribution in [0.4, 0.5) is 8.78 Å². The van der Waals surface area contributed by atoms with Gasteiger partial charge in [0, 0.05) is 6.04 Å². The second kappa shape index (κ2) is 6.76. The van der Waals surface area contributed by atoms with E-state index in [9.17, 15) is 22.0 Å². The summed E-state index contributed by atoms with van der Waals surface area (Å²) in [6, 6.07) is -0.157. The van der Waals surface area contributed by atoms with Crippen molar-refractivity contribution < 1.29 is 31.3 Å². The number of halogens is 2. The summed E-state index contributed by atoms with van der Waals surface area (Å²) in [7, 11) is -5.82. The molecule has 22 heavy (non-hydrogen) atoms. The van der Waals surface area contributed by atoms with Gasteiger partial charge in [-0.1, -0.05) is 12.8 Å². The molecule has 2 atom stereocenters. The van der Waals surface area contributed by atoms with Gasteiger partial charge in [-0.2, -0.15) is 17.2 Å². The second-order valence-electron chi connectivity index (χ2n) is 5.88. The van der Waals surface area contributed by atoms with Crippen LogP contribution in [-0.4, -0.2) is 54.3 Å². The molecular weight excluding hydrogens is 320 g/mol. The Morgan fingerprint density at radius 1 is 1.09 bits per heavy atom. The summed E-state index contributed by atoms with van der Waals surface area (Å²) in [6.07, 6.45) is 5.20. The molecule has 1 heterocycles. The predicted octanol–water partition coefficient (Wildman–Crippen LogP) is 1.81. The van der Waals surface area contributed by atoms with Gasteiger partial charge in [-0.25, -0.2) is 4.79 Å². The first kappa shape index (κ1) is 17.6. The Morgan fingerprint density at radius 3 is 2.27 bits per heavy atom. The third-order valence-electron chi connectivity index (χ3n) is 4.35. The number of rotatable bonds is 4. The predicted molar refractivity (Wildman–Crippen MR) is 74.1 cm³/mol. The molecule has 1 N–H and O–H groups in total. The van der Waals surface area contributed by atoms with Gasteiger partial charge in [0.1, 0.15) is 6.10 Å². The van der Waals surface area contributed by atoms with Gasteiger partial charge in [-0.05, 0) is 45.2 Å². The number of carbonyl (C=O) groups excluding carboxylic acids is 1. The van der Waals surface area contributed by atoms with Crippen molar-refractivity contribution in [3.8, 4) is 0 Å². The molecule has 0 aromatic heterocycles. The molecule has 2 rings (SSSR count). The van der Waals surface area contributed by atoms with Crippen molar-refractivity contribution in [3.05, 3.63) is 0 Å². The van der Waals surface area contributed by atoms with Crippen molar-refractivity contribution in [1.82, 2.24) is 4.90 Å². The highest BCUT2D eigenvalue weighted by Gasteiger charge is 2.55. The Hall–Kier alpha value is -0.800. The van der Waals surface area contributed by atoms with E-state index in [2.05, 4.69) is 4.90 Å². The van der Waals surface area contributed by atoms with Crippen molar-refractivity contribution in [3.63, 3.8) is 0 Å². The summed E-state index contributed by atoms with van der Waals surface area (Å²) in [4.78, 5) is 13.6. The number of hydrogen-bond donors (Lipinski definition) is 1. The maximum Gasteiger partial charge on any atom is 0.465 e. The third-order valence-corrected chi connectivity index (χ3v) is 5.16. The SMILES string of the molecule is O=C(OC1CCCCC1N1CCCCC1)C(F)(F)S(=O)(=O)O. The van der Waals surface area contributed by atoms with Crippen LogP contribution in [0.15, 0.2) is 0 Å². The molecule has 1 aliphatic heterocycles. The number of alkyl halides is 2. The number of nitrogens with zero attached hydrogens (tertiary/aromatic N) is 1. The van der Waals surface area contributed by atoms with E-state index in [1.807, 2.05) is 0 Å². The van der Waals surface area contributed by atoms with E-state index in [0.29, 0.717) is 6.42 Å². The molecule has 2 unspecified atom stereocenters. The van der Waals surface area contributed by atoms with Crippen LogP contribution in [0.2, 0.25) is 0 Å². The number of piperidine rings is 1. The van der Waals surface area contributed by atoms with Crippen molar-refractivity contribution >= 4 is 16.1 Å². The summed E-state index contributed by atoms with van der Waals surface area (Å²) in [6.45, 7) is 1.65. The zero-order chi connectivity index (χ0) is 16.4. The maximum atomic E-state index is 13.3. The number of likely N-dealkylation sites (tertiary alicyclic amines) is 1. The molecule has 0 spiro atoms. The quantitative estimate of drug-likeness (QED) is 0.620. The molecule has 0 aromatic carbocycles. The molecule has 128 valence electrons. The van der Waals surface area contributed by atoms with Crippen LogP contribution in [0.3, 0.4) is 0 Å². The summed E-state index contributed by atoms with van der Waals surface area (Å²) in [5.41, 5.74) is 0. The zero-order valence-electron chi connectivity index (χ0n) is 12.2. The largest absolute Gasteiger partial charge is 0.465 e. The van der Waals surface area contributed by atoms with E-state index in [0.717, 1.165) is 51.6 Å². The van der Waals surface area contributed by atoms with E-state index in [1.54, 1.807) is 0 Å². The highest BCUT2D eigenvalue weighted by Crippen LogP contribution is 2.30. The van der Waals surface area contributed by atoms with Crippen LogP contribution in [-0.2, 0) is 19.6 Å². The first-order valence-corrected chi connectivity index (χ1v) is 8.97. The zero-order valence-corrected chi connectivity index (χ0v) is 13.0. The van der Waals surface area contributed by atoms with Gasteiger partial charge in [0.25, 0.3) is 0 Å². The van der Waals surface area contributed by atoms with Gasteiger partial charge in [0.15, 0.2) is 0 Å². The maximum absolute atomic E-state index is 13.3. The lowest BCUT2D eigenvalue weighted by Gasteiger charge is -2.41. The summed E-state index contributed by atoms with van der Waals surface area (Å²) < 4.78 is 61.1. The van der Waals surface area contributed by atoms with Crippen LogP contribution >= 0.6 is 0 Å². The van der Waals surface area contributed by atoms with Gasteiger partial charge in [-0.15, -0.1) is 0 Å². The summed E-state index contributed by atoms with van der Waals surface area (Å²) in [5.74, 6) is -2.19. The molecule has 6 nitrogen and oxygen atoms in total. The first-order valence-electron chi connectivity index (χ1n) is 7.53. The van der Waals surface area contributed by atoms with Crippen molar-refractivity contribution in [2.45, 2.75) is 62.3 Å². The molecule has 9 heteroatoms. The monoisotopic (exact) mass is 341 g/mol. The van der Waals surface area contributed by atoms with E-state index in [4.69, 9.17) is 9.29 Å².